The maximum absolute atomic E-state index is 12.2. The highest BCUT2D eigenvalue weighted by atomic mass is 16.5. The number of benzene rings is 2. The molecule has 26 heavy (non-hydrogen) atoms. The number of ether oxygens (including phenoxy) is 1. The summed E-state index contributed by atoms with van der Waals surface area (Å²) in [6, 6.07) is 14.0. The van der Waals surface area contributed by atoms with Crippen LogP contribution in [0.5, 0.6) is 0 Å². The lowest BCUT2D eigenvalue weighted by Gasteiger charge is -2.07. The monoisotopic (exact) mass is 353 g/mol. The zero-order valence-corrected chi connectivity index (χ0v) is 15.1. The molecule has 0 atom stereocenters. The molecule has 0 radical (unpaired) electrons. The van der Waals surface area contributed by atoms with Gasteiger partial charge < -0.3 is 10.1 Å². The number of amides is 1. The number of aryl methyl sites for hydroxylation is 1. The number of carbonyl (C=O) groups is 3. The van der Waals surface area contributed by atoms with Crippen molar-refractivity contribution >= 4 is 23.3 Å². The largest absolute Gasteiger partial charge is 0.465 e. The van der Waals surface area contributed by atoms with Crippen molar-refractivity contribution in [3.8, 4) is 0 Å². The van der Waals surface area contributed by atoms with Crippen LogP contribution in [-0.2, 0) is 16.0 Å². The Bertz CT molecular complexity index is 781. The summed E-state index contributed by atoms with van der Waals surface area (Å²) in [5, 5.41) is 2.70. The summed E-state index contributed by atoms with van der Waals surface area (Å²) in [7, 11) is 1.30. The van der Waals surface area contributed by atoms with Crippen molar-refractivity contribution in [1.82, 2.24) is 0 Å². The van der Waals surface area contributed by atoms with E-state index in [1.807, 2.05) is 24.3 Å². The number of nitrogens with one attached hydrogen (secondary N) is 1. The molecule has 0 unspecified atom stereocenters. The molecule has 5 nitrogen and oxygen atoms in total. The van der Waals surface area contributed by atoms with Crippen molar-refractivity contribution in [3.63, 3.8) is 0 Å². The first-order valence-electron chi connectivity index (χ1n) is 8.64. The normalized spacial score (nSPS) is 10.2. The second-order valence-corrected chi connectivity index (χ2v) is 5.99. The quantitative estimate of drug-likeness (QED) is 0.574. The predicted octanol–water partition coefficient (Wildman–Crippen LogP) is 4.03. The molecular weight excluding hydrogens is 330 g/mol. The van der Waals surface area contributed by atoms with Gasteiger partial charge >= 0.3 is 5.97 Å². The zero-order valence-electron chi connectivity index (χ0n) is 15.1. The average Bonchev–Trinajstić information content (AvgIpc) is 2.66. The lowest BCUT2D eigenvalue weighted by Crippen LogP contribution is -2.14. The Kier molecular flexibility index (Phi) is 7.09. The van der Waals surface area contributed by atoms with E-state index in [1.165, 1.54) is 18.7 Å². The van der Waals surface area contributed by atoms with Gasteiger partial charge in [-0.3, -0.25) is 9.59 Å². The van der Waals surface area contributed by atoms with Gasteiger partial charge in [0.15, 0.2) is 5.78 Å². The van der Waals surface area contributed by atoms with E-state index in [2.05, 4.69) is 17.0 Å². The minimum absolute atomic E-state index is 0.0634. The number of hydrogen-bond donors (Lipinski definition) is 1. The Morgan fingerprint density at radius 2 is 1.69 bits per heavy atom. The number of hydrogen-bond acceptors (Lipinski definition) is 4. The summed E-state index contributed by atoms with van der Waals surface area (Å²) in [6.45, 7) is 2.11. The van der Waals surface area contributed by atoms with E-state index >= 15 is 0 Å². The van der Waals surface area contributed by atoms with Crippen molar-refractivity contribution in [1.29, 1.82) is 0 Å². The van der Waals surface area contributed by atoms with Crippen molar-refractivity contribution in [2.75, 3.05) is 12.4 Å². The van der Waals surface area contributed by atoms with Crippen LogP contribution in [0, 0.1) is 0 Å². The Morgan fingerprint density at radius 1 is 0.962 bits per heavy atom. The van der Waals surface area contributed by atoms with E-state index in [-0.39, 0.29) is 24.5 Å². The van der Waals surface area contributed by atoms with Gasteiger partial charge in [0.25, 0.3) is 0 Å². The van der Waals surface area contributed by atoms with E-state index in [0.717, 1.165) is 12.8 Å². The van der Waals surface area contributed by atoms with E-state index < -0.39 is 5.97 Å². The maximum atomic E-state index is 12.2. The first-order chi connectivity index (χ1) is 12.5. The highest BCUT2D eigenvalue weighted by molar-refractivity contribution is 6.00. The highest BCUT2D eigenvalue weighted by Gasteiger charge is 2.11. The molecule has 0 fully saturated rings. The van der Waals surface area contributed by atoms with Crippen LogP contribution in [0.2, 0.25) is 0 Å². The molecule has 2 aromatic carbocycles. The first-order valence-corrected chi connectivity index (χ1v) is 8.64. The number of Topliss-reactive ketones (excluding diaryl/α,β-unsaturated/α-hetero) is 1. The molecule has 5 heteroatoms. The summed E-state index contributed by atoms with van der Waals surface area (Å²) in [5.41, 5.74) is 2.67. The molecule has 136 valence electrons. The molecule has 0 saturated carbocycles. The summed E-state index contributed by atoms with van der Waals surface area (Å²) in [4.78, 5) is 35.8. The fraction of sp³-hybridized carbons (Fsp3) is 0.286. The third-order valence-electron chi connectivity index (χ3n) is 3.96. The van der Waals surface area contributed by atoms with Crippen LogP contribution in [0.15, 0.2) is 48.5 Å². The van der Waals surface area contributed by atoms with Crippen molar-refractivity contribution < 1.29 is 19.1 Å². The fourth-order valence-corrected chi connectivity index (χ4v) is 2.58. The van der Waals surface area contributed by atoms with E-state index in [0.29, 0.717) is 16.8 Å². The number of esters is 1. The van der Waals surface area contributed by atoms with Crippen molar-refractivity contribution in [3.05, 3.63) is 65.2 Å². The predicted molar refractivity (Wildman–Crippen MR) is 100 cm³/mol. The minimum Gasteiger partial charge on any atom is -0.465 e. The number of rotatable bonds is 8. The van der Waals surface area contributed by atoms with E-state index in [4.69, 9.17) is 0 Å². The zero-order chi connectivity index (χ0) is 18.9. The molecule has 0 aliphatic heterocycles. The molecule has 0 aromatic heterocycles. The molecule has 0 aliphatic rings. The van der Waals surface area contributed by atoms with Crippen LogP contribution >= 0.6 is 0 Å². The fourth-order valence-electron chi connectivity index (χ4n) is 2.58. The molecule has 0 bridgehead atoms. The topological polar surface area (TPSA) is 72.5 Å². The van der Waals surface area contributed by atoms with Crippen LogP contribution in [0.4, 0.5) is 5.69 Å². The standard InChI is InChI=1S/C21H23NO4/c1-3-5-15-8-10-16(11-9-15)19(23)12-13-20(24)22-18-7-4-6-17(14-18)21(25)26-2/h4,6-11,14H,3,5,12-13H2,1-2H3,(H,22,24). The second-order valence-electron chi connectivity index (χ2n) is 5.99. The van der Waals surface area contributed by atoms with Crippen LogP contribution in [0.25, 0.3) is 0 Å². The molecular formula is C21H23NO4. The van der Waals surface area contributed by atoms with Gasteiger partial charge in [0.1, 0.15) is 0 Å². The van der Waals surface area contributed by atoms with Gasteiger partial charge in [-0.05, 0) is 30.2 Å². The van der Waals surface area contributed by atoms with Gasteiger partial charge in [-0.2, -0.15) is 0 Å². The molecule has 0 saturated heterocycles. The van der Waals surface area contributed by atoms with Gasteiger partial charge in [0.2, 0.25) is 5.91 Å². The third kappa shape index (κ3) is 5.55. The van der Waals surface area contributed by atoms with Gasteiger partial charge in [0.05, 0.1) is 12.7 Å². The van der Waals surface area contributed by atoms with Gasteiger partial charge in [-0.15, -0.1) is 0 Å². The number of anilines is 1. The second kappa shape index (κ2) is 9.51. The van der Waals surface area contributed by atoms with Crippen LogP contribution in [0.1, 0.15) is 52.5 Å². The molecule has 2 rings (SSSR count). The third-order valence-corrected chi connectivity index (χ3v) is 3.96. The van der Waals surface area contributed by atoms with Crippen LogP contribution < -0.4 is 5.32 Å². The van der Waals surface area contributed by atoms with Crippen molar-refractivity contribution in [2.24, 2.45) is 0 Å². The van der Waals surface area contributed by atoms with E-state index in [9.17, 15) is 14.4 Å². The summed E-state index contributed by atoms with van der Waals surface area (Å²) in [5.74, 6) is -0.808. The maximum Gasteiger partial charge on any atom is 0.337 e. The molecule has 0 spiro atoms. The van der Waals surface area contributed by atoms with Gasteiger partial charge in [-0.1, -0.05) is 43.7 Å². The lowest BCUT2D eigenvalue weighted by molar-refractivity contribution is -0.116. The van der Waals surface area contributed by atoms with Gasteiger partial charge in [0, 0.05) is 24.1 Å². The number of methoxy groups -OCH3 is 1. The molecule has 1 amide bonds. The van der Waals surface area contributed by atoms with Crippen LogP contribution in [0.3, 0.4) is 0 Å². The Labute approximate surface area is 153 Å². The first kappa shape index (κ1) is 19.4. The molecule has 0 aliphatic carbocycles. The average molecular weight is 353 g/mol. The SMILES string of the molecule is CCCc1ccc(C(=O)CCC(=O)Nc2cccc(C(=O)OC)c2)cc1. The van der Waals surface area contributed by atoms with E-state index in [1.54, 1.807) is 18.2 Å². The summed E-state index contributed by atoms with van der Waals surface area (Å²) in [6.07, 6.45) is 2.26. The lowest BCUT2D eigenvalue weighted by atomic mass is 10.0. The van der Waals surface area contributed by atoms with Gasteiger partial charge in [-0.25, -0.2) is 4.79 Å². The van der Waals surface area contributed by atoms with Crippen molar-refractivity contribution in [2.45, 2.75) is 32.6 Å². The number of carbonyl (C=O) groups excluding carboxylic acids is 3. The minimum atomic E-state index is -0.470. The van der Waals surface area contributed by atoms with Crippen LogP contribution in [-0.4, -0.2) is 24.8 Å². The smallest absolute Gasteiger partial charge is 0.337 e. The Morgan fingerprint density at radius 3 is 2.35 bits per heavy atom. The highest BCUT2D eigenvalue weighted by Crippen LogP contribution is 2.13. The Hall–Kier alpha value is -2.95. The molecule has 1 N–H and O–H groups in total. The summed E-state index contributed by atoms with van der Waals surface area (Å²) >= 11 is 0. The molecule has 2 aromatic rings. The Balaban J connectivity index is 1.88. The number of ketones is 1. The summed E-state index contributed by atoms with van der Waals surface area (Å²) < 4.78 is 4.65. The molecule has 0 heterocycles.